The van der Waals surface area contributed by atoms with Gasteiger partial charge in [-0.05, 0) is 57.5 Å². The molecule has 0 radical (unpaired) electrons. The number of hydrogen-bond acceptors (Lipinski definition) is 4. The lowest BCUT2D eigenvalue weighted by atomic mass is 10.1. The predicted octanol–water partition coefficient (Wildman–Crippen LogP) is 3.43. The summed E-state index contributed by atoms with van der Waals surface area (Å²) in [6.45, 7) is 7.87. The Morgan fingerprint density at radius 2 is 1.64 bits per heavy atom. The largest absolute Gasteiger partial charge is 0.494 e. The lowest BCUT2D eigenvalue weighted by molar-refractivity contribution is -0.122. The van der Waals surface area contributed by atoms with Crippen LogP contribution >= 0.6 is 0 Å². The molecule has 0 unspecified atom stereocenters. The first kappa shape index (κ1) is 21.8. The maximum Gasteiger partial charge on any atom is 0.244 e. The molecule has 1 amide bonds. The first-order valence-electron chi connectivity index (χ1n) is 9.22. The molecule has 2 rings (SSSR count). The SMILES string of the molecule is CCOc1ccc([C@@H](C)NC(=O)[C@H](C)N(c2ccc(C)cc2)S(C)(=O)=O)cc1. The molecule has 0 heterocycles. The van der Waals surface area contributed by atoms with Crippen molar-refractivity contribution in [1.29, 1.82) is 0 Å². The van der Waals surface area contributed by atoms with Crippen molar-refractivity contribution in [3.05, 3.63) is 59.7 Å². The molecule has 152 valence electrons. The number of ether oxygens (including phenoxy) is 1. The van der Waals surface area contributed by atoms with Gasteiger partial charge in [0, 0.05) is 0 Å². The Kier molecular flexibility index (Phi) is 7.07. The van der Waals surface area contributed by atoms with Crippen LogP contribution in [-0.4, -0.2) is 33.2 Å². The van der Waals surface area contributed by atoms with Crippen molar-refractivity contribution in [3.8, 4) is 5.75 Å². The van der Waals surface area contributed by atoms with E-state index in [-0.39, 0.29) is 11.9 Å². The maximum atomic E-state index is 12.8. The molecule has 0 spiro atoms. The first-order valence-corrected chi connectivity index (χ1v) is 11.1. The Morgan fingerprint density at radius 3 is 2.14 bits per heavy atom. The highest BCUT2D eigenvalue weighted by Gasteiger charge is 2.29. The van der Waals surface area contributed by atoms with Gasteiger partial charge in [0.1, 0.15) is 11.8 Å². The zero-order chi connectivity index (χ0) is 20.9. The van der Waals surface area contributed by atoms with Crippen LogP contribution in [0.4, 0.5) is 5.69 Å². The third-order valence-electron chi connectivity index (χ3n) is 4.43. The van der Waals surface area contributed by atoms with Gasteiger partial charge in [-0.25, -0.2) is 8.42 Å². The van der Waals surface area contributed by atoms with Gasteiger partial charge in [0.2, 0.25) is 15.9 Å². The number of carbonyl (C=O) groups is 1. The summed E-state index contributed by atoms with van der Waals surface area (Å²) in [6.07, 6.45) is 1.10. The molecule has 0 saturated heterocycles. The third-order valence-corrected chi connectivity index (χ3v) is 5.67. The number of carbonyl (C=O) groups excluding carboxylic acids is 1. The van der Waals surface area contributed by atoms with E-state index in [4.69, 9.17) is 4.74 Å². The first-order chi connectivity index (χ1) is 13.1. The van der Waals surface area contributed by atoms with Crippen LogP contribution in [0.3, 0.4) is 0 Å². The molecule has 0 aliphatic carbocycles. The highest BCUT2D eigenvalue weighted by molar-refractivity contribution is 7.92. The van der Waals surface area contributed by atoms with Crippen LogP contribution in [0.25, 0.3) is 0 Å². The van der Waals surface area contributed by atoms with Gasteiger partial charge in [-0.2, -0.15) is 0 Å². The number of nitrogens with one attached hydrogen (secondary N) is 1. The molecule has 6 nitrogen and oxygen atoms in total. The lowest BCUT2D eigenvalue weighted by Crippen LogP contribution is -2.48. The molecule has 0 fully saturated rings. The minimum absolute atomic E-state index is 0.273. The van der Waals surface area contributed by atoms with E-state index in [0.29, 0.717) is 12.3 Å². The van der Waals surface area contributed by atoms with Crippen molar-refractivity contribution in [2.75, 3.05) is 17.2 Å². The summed E-state index contributed by atoms with van der Waals surface area (Å²) in [5.41, 5.74) is 2.38. The predicted molar refractivity (Wildman–Crippen MR) is 112 cm³/mol. The Bertz CT molecular complexity index is 893. The van der Waals surface area contributed by atoms with Gasteiger partial charge in [0.15, 0.2) is 0 Å². The number of nitrogens with zero attached hydrogens (tertiary/aromatic N) is 1. The minimum Gasteiger partial charge on any atom is -0.494 e. The molecular weight excluding hydrogens is 376 g/mol. The number of amides is 1. The summed E-state index contributed by atoms with van der Waals surface area (Å²) in [5, 5.41) is 2.90. The third kappa shape index (κ3) is 5.48. The second-order valence-corrected chi connectivity index (χ2v) is 8.66. The molecule has 0 aliphatic rings. The Morgan fingerprint density at radius 1 is 1.07 bits per heavy atom. The average Bonchev–Trinajstić information content (AvgIpc) is 2.63. The summed E-state index contributed by atoms with van der Waals surface area (Å²) < 4.78 is 31.3. The average molecular weight is 405 g/mol. The molecular formula is C21H28N2O4S. The highest BCUT2D eigenvalue weighted by atomic mass is 32.2. The quantitative estimate of drug-likeness (QED) is 0.731. The molecule has 2 aromatic carbocycles. The summed E-state index contributed by atoms with van der Waals surface area (Å²) in [6, 6.07) is 13.4. The van der Waals surface area contributed by atoms with Gasteiger partial charge in [-0.15, -0.1) is 0 Å². The van der Waals surface area contributed by atoms with Crippen LogP contribution in [0.1, 0.15) is 37.9 Å². The van der Waals surface area contributed by atoms with Crippen LogP contribution < -0.4 is 14.4 Å². The summed E-state index contributed by atoms with van der Waals surface area (Å²) in [7, 11) is -3.63. The standard InChI is InChI=1S/C21H28N2O4S/c1-6-27-20-13-9-18(10-14-20)16(3)22-21(24)17(4)23(28(5,25)26)19-11-7-15(2)8-12-19/h7-14,16-17H,6H2,1-5H3,(H,22,24)/t16-,17+/m1/s1. The number of benzene rings is 2. The van der Waals surface area contributed by atoms with E-state index < -0.39 is 16.1 Å². The van der Waals surface area contributed by atoms with Gasteiger partial charge in [0.05, 0.1) is 24.6 Å². The molecule has 7 heteroatoms. The second-order valence-electron chi connectivity index (χ2n) is 6.80. The number of sulfonamides is 1. The molecule has 28 heavy (non-hydrogen) atoms. The van der Waals surface area contributed by atoms with Gasteiger partial charge < -0.3 is 10.1 Å². The molecule has 0 bridgehead atoms. The fourth-order valence-electron chi connectivity index (χ4n) is 2.94. The van der Waals surface area contributed by atoms with Gasteiger partial charge in [0.25, 0.3) is 0 Å². The monoisotopic (exact) mass is 404 g/mol. The molecule has 2 aromatic rings. The minimum atomic E-state index is -3.63. The van der Waals surface area contributed by atoms with Crippen LogP contribution in [0, 0.1) is 6.92 Å². The van der Waals surface area contributed by atoms with Crippen molar-refractivity contribution >= 4 is 21.6 Å². The summed E-state index contributed by atoms with van der Waals surface area (Å²) in [4.78, 5) is 12.8. The Labute approximate surface area is 167 Å². The van der Waals surface area contributed by atoms with E-state index in [1.165, 1.54) is 0 Å². The van der Waals surface area contributed by atoms with E-state index in [1.54, 1.807) is 19.1 Å². The van der Waals surface area contributed by atoms with Crippen LogP contribution in [0.5, 0.6) is 5.75 Å². The van der Waals surface area contributed by atoms with Gasteiger partial charge in [-0.3, -0.25) is 9.10 Å². The maximum absolute atomic E-state index is 12.8. The molecule has 1 N–H and O–H groups in total. The van der Waals surface area contributed by atoms with Crippen molar-refractivity contribution in [3.63, 3.8) is 0 Å². The molecule has 0 aliphatic heterocycles. The summed E-state index contributed by atoms with van der Waals surface area (Å²) >= 11 is 0. The summed E-state index contributed by atoms with van der Waals surface area (Å²) in [5.74, 6) is 0.396. The fourth-order valence-corrected chi connectivity index (χ4v) is 4.11. The smallest absolute Gasteiger partial charge is 0.244 e. The van der Waals surface area contributed by atoms with Crippen molar-refractivity contribution < 1.29 is 17.9 Å². The fraction of sp³-hybridized carbons (Fsp3) is 0.381. The topological polar surface area (TPSA) is 75.7 Å². The Balaban J connectivity index is 2.17. The lowest BCUT2D eigenvalue weighted by Gasteiger charge is -2.29. The normalized spacial score (nSPS) is 13.5. The van der Waals surface area contributed by atoms with E-state index in [0.717, 1.165) is 27.4 Å². The van der Waals surface area contributed by atoms with Gasteiger partial charge >= 0.3 is 0 Å². The second kappa shape index (κ2) is 9.10. The van der Waals surface area contributed by atoms with E-state index in [9.17, 15) is 13.2 Å². The molecule has 2 atom stereocenters. The zero-order valence-electron chi connectivity index (χ0n) is 17.0. The Hall–Kier alpha value is -2.54. The van der Waals surface area contributed by atoms with Gasteiger partial charge in [-0.1, -0.05) is 29.8 Å². The number of rotatable bonds is 8. The zero-order valence-corrected chi connectivity index (χ0v) is 17.8. The van der Waals surface area contributed by atoms with Crippen LogP contribution in [-0.2, 0) is 14.8 Å². The van der Waals surface area contributed by atoms with E-state index >= 15 is 0 Å². The number of anilines is 1. The van der Waals surface area contributed by atoms with Crippen LogP contribution in [0.15, 0.2) is 48.5 Å². The van der Waals surface area contributed by atoms with Crippen molar-refractivity contribution in [2.45, 2.75) is 39.8 Å². The molecule has 0 aromatic heterocycles. The molecule has 0 saturated carbocycles. The van der Waals surface area contributed by atoms with E-state index in [2.05, 4.69) is 5.32 Å². The highest BCUT2D eigenvalue weighted by Crippen LogP contribution is 2.22. The number of aryl methyl sites for hydroxylation is 1. The van der Waals surface area contributed by atoms with Crippen LogP contribution in [0.2, 0.25) is 0 Å². The van der Waals surface area contributed by atoms with E-state index in [1.807, 2.05) is 57.2 Å². The number of hydrogen-bond donors (Lipinski definition) is 1. The van der Waals surface area contributed by atoms with Crippen molar-refractivity contribution in [2.24, 2.45) is 0 Å². The van der Waals surface area contributed by atoms with Crippen molar-refractivity contribution in [1.82, 2.24) is 5.32 Å².